The minimum atomic E-state index is 0.358. The molecule has 2 rings (SSSR count). The van der Waals surface area contributed by atoms with E-state index in [1.807, 2.05) is 13.8 Å². The SMILES string of the molecule is CCCCC(CC)C(c1ccc(C)c(OCC)c1)c1ccc(C)c(OCC)c1. The lowest BCUT2D eigenvalue weighted by molar-refractivity contribution is 0.335. The normalized spacial score (nSPS) is 12.2. The van der Waals surface area contributed by atoms with Crippen LogP contribution in [0, 0.1) is 19.8 Å². The van der Waals surface area contributed by atoms with Crippen molar-refractivity contribution in [1.82, 2.24) is 0 Å². The van der Waals surface area contributed by atoms with Gasteiger partial charge in [0, 0.05) is 5.92 Å². The van der Waals surface area contributed by atoms with Crippen LogP contribution in [0.15, 0.2) is 36.4 Å². The van der Waals surface area contributed by atoms with E-state index < -0.39 is 0 Å². The van der Waals surface area contributed by atoms with Gasteiger partial charge in [0.05, 0.1) is 13.2 Å². The maximum absolute atomic E-state index is 5.91. The minimum Gasteiger partial charge on any atom is -0.494 e. The Labute approximate surface area is 172 Å². The summed E-state index contributed by atoms with van der Waals surface area (Å²) in [5.74, 6) is 2.98. The van der Waals surface area contributed by atoms with E-state index in [1.54, 1.807) is 0 Å². The molecule has 28 heavy (non-hydrogen) atoms. The van der Waals surface area contributed by atoms with Gasteiger partial charge in [0.2, 0.25) is 0 Å². The lowest BCUT2D eigenvalue weighted by Crippen LogP contribution is -2.15. The van der Waals surface area contributed by atoms with E-state index in [1.165, 1.54) is 47.9 Å². The van der Waals surface area contributed by atoms with E-state index in [2.05, 4.69) is 64.1 Å². The fourth-order valence-electron chi connectivity index (χ4n) is 4.05. The lowest BCUT2D eigenvalue weighted by Gasteiger charge is -2.29. The van der Waals surface area contributed by atoms with E-state index in [-0.39, 0.29) is 0 Å². The fourth-order valence-corrected chi connectivity index (χ4v) is 4.05. The van der Waals surface area contributed by atoms with Crippen LogP contribution in [0.4, 0.5) is 0 Å². The molecule has 1 atom stereocenters. The molecule has 154 valence electrons. The third kappa shape index (κ3) is 5.53. The summed E-state index contributed by atoms with van der Waals surface area (Å²) in [5, 5.41) is 0. The fraction of sp³-hybridized carbons (Fsp3) is 0.538. The number of benzene rings is 2. The van der Waals surface area contributed by atoms with Crippen molar-refractivity contribution in [3.8, 4) is 11.5 Å². The van der Waals surface area contributed by atoms with Gasteiger partial charge in [-0.15, -0.1) is 0 Å². The number of hydrogen-bond donors (Lipinski definition) is 0. The summed E-state index contributed by atoms with van der Waals surface area (Å²) in [6, 6.07) is 13.5. The van der Waals surface area contributed by atoms with Crippen LogP contribution in [0.2, 0.25) is 0 Å². The molecular formula is C26H38O2. The molecule has 0 spiro atoms. The van der Waals surface area contributed by atoms with E-state index in [0.717, 1.165) is 11.5 Å². The van der Waals surface area contributed by atoms with Gasteiger partial charge in [0.25, 0.3) is 0 Å². The second-order valence-electron chi connectivity index (χ2n) is 7.70. The first kappa shape index (κ1) is 22.3. The Bertz CT molecular complexity index is 680. The van der Waals surface area contributed by atoms with Crippen LogP contribution in [0.25, 0.3) is 0 Å². The summed E-state index contributed by atoms with van der Waals surface area (Å²) in [6.45, 7) is 14.3. The molecule has 0 saturated heterocycles. The summed E-state index contributed by atoms with van der Waals surface area (Å²) in [5.41, 5.74) is 5.10. The Balaban J connectivity index is 2.54. The predicted octanol–water partition coefficient (Wildman–Crippen LogP) is 7.45. The van der Waals surface area contributed by atoms with Crippen molar-refractivity contribution >= 4 is 0 Å². The average molecular weight is 383 g/mol. The van der Waals surface area contributed by atoms with Crippen molar-refractivity contribution in [2.24, 2.45) is 5.92 Å². The molecule has 0 aliphatic heterocycles. The van der Waals surface area contributed by atoms with Gasteiger partial charge >= 0.3 is 0 Å². The topological polar surface area (TPSA) is 18.5 Å². The van der Waals surface area contributed by atoms with E-state index >= 15 is 0 Å². The van der Waals surface area contributed by atoms with Crippen molar-refractivity contribution in [3.63, 3.8) is 0 Å². The first-order valence-electron chi connectivity index (χ1n) is 11.0. The Kier molecular flexibility index (Phi) is 8.89. The first-order chi connectivity index (χ1) is 13.5. The Morgan fingerprint density at radius 1 is 0.750 bits per heavy atom. The maximum atomic E-state index is 5.91. The molecule has 2 aromatic rings. The first-order valence-corrected chi connectivity index (χ1v) is 11.0. The van der Waals surface area contributed by atoms with Crippen LogP contribution in [-0.2, 0) is 0 Å². The molecular weight excluding hydrogens is 344 g/mol. The zero-order valence-electron chi connectivity index (χ0n) is 18.7. The van der Waals surface area contributed by atoms with Crippen LogP contribution in [0.3, 0.4) is 0 Å². The molecule has 0 N–H and O–H groups in total. The molecule has 0 aliphatic carbocycles. The maximum Gasteiger partial charge on any atom is 0.122 e. The molecule has 0 bridgehead atoms. The van der Waals surface area contributed by atoms with Crippen molar-refractivity contribution in [2.45, 2.75) is 73.1 Å². The van der Waals surface area contributed by atoms with Gasteiger partial charge in [-0.1, -0.05) is 57.4 Å². The highest BCUT2D eigenvalue weighted by Gasteiger charge is 2.25. The highest BCUT2D eigenvalue weighted by atomic mass is 16.5. The van der Waals surface area contributed by atoms with E-state index in [4.69, 9.17) is 9.47 Å². The van der Waals surface area contributed by atoms with Crippen molar-refractivity contribution in [1.29, 1.82) is 0 Å². The van der Waals surface area contributed by atoms with Crippen LogP contribution < -0.4 is 9.47 Å². The van der Waals surface area contributed by atoms with E-state index in [9.17, 15) is 0 Å². The van der Waals surface area contributed by atoms with Gasteiger partial charge in [-0.2, -0.15) is 0 Å². The summed E-state index contributed by atoms with van der Waals surface area (Å²) in [7, 11) is 0. The highest BCUT2D eigenvalue weighted by Crippen LogP contribution is 2.40. The zero-order valence-corrected chi connectivity index (χ0v) is 18.7. The predicted molar refractivity (Wildman–Crippen MR) is 120 cm³/mol. The second-order valence-corrected chi connectivity index (χ2v) is 7.70. The number of hydrogen-bond acceptors (Lipinski definition) is 2. The molecule has 0 saturated carbocycles. The van der Waals surface area contributed by atoms with Crippen molar-refractivity contribution in [3.05, 3.63) is 58.7 Å². The van der Waals surface area contributed by atoms with Crippen LogP contribution in [0.5, 0.6) is 11.5 Å². The number of aryl methyl sites for hydroxylation is 2. The van der Waals surface area contributed by atoms with Crippen LogP contribution in [0.1, 0.15) is 81.5 Å². The standard InChI is InChI=1S/C26H38O2/c1-7-11-12-21(8-2)26(22-15-13-19(5)24(17-22)27-9-3)23-16-14-20(6)25(18-23)28-10-4/h13-18,21,26H,7-12H2,1-6H3. The van der Waals surface area contributed by atoms with Gasteiger partial charge in [-0.25, -0.2) is 0 Å². The minimum absolute atomic E-state index is 0.358. The Hall–Kier alpha value is -1.96. The van der Waals surface area contributed by atoms with Crippen LogP contribution >= 0.6 is 0 Å². The Morgan fingerprint density at radius 3 is 1.64 bits per heavy atom. The zero-order chi connectivity index (χ0) is 20.5. The van der Waals surface area contributed by atoms with Crippen molar-refractivity contribution < 1.29 is 9.47 Å². The average Bonchev–Trinajstić information content (AvgIpc) is 2.69. The molecule has 0 fully saturated rings. The number of unbranched alkanes of at least 4 members (excludes halogenated alkanes) is 1. The monoisotopic (exact) mass is 382 g/mol. The quantitative estimate of drug-likeness (QED) is 0.402. The summed E-state index contributed by atoms with van der Waals surface area (Å²) >= 11 is 0. The van der Waals surface area contributed by atoms with Crippen LogP contribution in [-0.4, -0.2) is 13.2 Å². The molecule has 2 heteroatoms. The molecule has 0 aliphatic rings. The van der Waals surface area contributed by atoms with Gasteiger partial charge in [0.15, 0.2) is 0 Å². The molecule has 0 amide bonds. The smallest absolute Gasteiger partial charge is 0.122 e. The van der Waals surface area contributed by atoms with Crippen molar-refractivity contribution in [2.75, 3.05) is 13.2 Å². The third-order valence-electron chi connectivity index (χ3n) is 5.67. The van der Waals surface area contributed by atoms with Gasteiger partial charge in [-0.05, 0) is 74.4 Å². The molecule has 2 aromatic carbocycles. The van der Waals surface area contributed by atoms with Gasteiger partial charge < -0.3 is 9.47 Å². The lowest BCUT2D eigenvalue weighted by atomic mass is 9.76. The van der Waals surface area contributed by atoms with Gasteiger partial charge in [0.1, 0.15) is 11.5 Å². The molecule has 0 aromatic heterocycles. The second kappa shape index (κ2) is 11.1. The molecule has 0 radical (unpaired) electrons. The summed E-state index contributed by atoms with van der Waals surface area (Å²) in [6.07, 6.45) is 4.91. The Morgan fingerprint density at radius 2 is 1.25 bits per heavy atom. The summed E-state index contributed by atoms with van der Waals surface area (Å²) < 4.78 is 11.8. The number of ether oxygens (including phenoxy) is 2. The third-order valence-corrected chi connectivity index (χ3v) is 5.67. The van der Waals surface area contributed by atoms with Gasteiger partial charge in [-0.3, -0.25) is 0 Å². The van der Waals surface area contributed by atoms with E-state index in [0.29, 0.717) is 25.0 Å². The number of rotatable bonds is 11. The highest BCUT2D eigenvalue weighted by molar-refractivity contribution is 5.45. The largest absolute Gasteiger partial charge is 0.494 e. The molecule has 0 heterocycles. The molecule has 1 unspecified atom stereocenters. The molecule has 2 nitrogen and oxygen atoms in total. The summed E-state index contributed by atoms with van der Waals surface area (Å²) in [4.78, 5) is 0.